The second kappa shape index (κ2) is 5.55. The zero-order valence-electron chi connectivity index (χ0n) is 11.2. The Bertz CT molecular complexity index is 635. The van der Waals surface area contributed by atoms with Crippen molar-refractivity contribution >= 4 is 5.91 Å². The summed E-state index contributed by atoms with van der Waals surface area (Å²) in [6.45, 7) is 3.30. The molecule has 2 aromatic heterocycles. The van der Waals surface area contributed by atoms with E-state index in [-0.39, 0.29) is 5.76 Å². The zero-order chi connectivity index (χ0) is 15.6. The standard InChI is InChI=1S/C13H12F3N3O2/c1-7-5-10(21-19-7)12(20)18-8(2)9-3-4-11(17-6-9)13(14,15)16/h3-6,8H,1-2H3,(H,18,20)/t8-/m1/s1. The van der Waals surface area contributed by atoms with Crippen molar-refractivity contribution < 1.29 is 22.5 Å². The SMILES string of the molecule is Cc1cc(C(=O)N[C@H](C)c2ccc(C(F)(F)F)nc2)on1. The lowest BCUT2D eigenvalue weighted by atomic mass is 10.1. The number of rotatable bonds is 3. The predicted octanol–water partition coefficient (Wildman–Crippen LogP) is 2.89. The lowest BCUT2D eigenvalue weighted by molar-refractivity contribution is -0.141. The van der Waals surface area contributed by atoms with Crippen molar-refractivity contribution in [3.05, 3.63) is 47.1 Å². The molecular weight excluding hydrogens is 287 g/mol. The van der Waals surface area contributed by atoms with Crippen molar-refractivity contribution in [3.63, 3.8) is 0 Å². The Morgan fingerprint density at radius 1 is 1.38 bits per heavy atom. The fraction of sp³-hybridized carbons (Fsp3) is 0.308. The molecular formula is C13H12F3N3O2. The van der Waals surface area contributed by atoms with Crippen molar-refractivity contribution in [2.75, 3.05) is 0 Å². The van der Waals surface area contributed by atoms with Crippen LogP contribution in [0, 0.1) is 6.92 Å². The molecule has 2 rings (SSSR count). The molecule has 21 heavy (non-hydrogen) atoms. The van der Waals surface area contributed by atoms with Gasteiger partial charge in [-0.3, -0.25) is 9.78 Å². The second-order valence-corrected chi connectivity index (χ2v) is 4.50. The number of alkyl halides is 3. The molecule has 0 aliphatic heterocycles. The number of amides is 1. The number of aromatic nitrogens is 2. The minimum Gasteiger partial charge on any atom is -0.351 e. The minimum absolute atomic E-state index is 0.0409. The Morgan fingerprint density at radius 3 is 2.57 bits per heavy atom. The summed E-state index contributed by atoms with van der Waals surface area (Å²) in [6.07, 6.45) is -3.40. The quantitative estimate of drug-likeness (QED) is 0.946. The Kier molecular flexibility index (Phi) is 3.97. The maximum atomic E-state index is 12.4. The summed E-state index contributed by atoms with van der Waals surface area (Å²) in [6, 6.07) is 3.09. The number of carbonyl (C=O) groups is 1. The normalized spacial score (nSPS) is 13.0. The molecule has 0 saturated heterocycles. The fourth-order valence-electron chi connectivity index (χ4n) is 1.65. The van der Waals surface area contributed by atoms with Crippen molar-refractivity contribution in [2.24, 2.45) is 0 Å². The van der Waals surface area contributed by atoms with Crippen molar-refractivity contribution in [2.45, 2.75) is 26.1 Å². The summed E-state index contributed by atoms with van der Waals surface area (Å²) in [5.41, 5.74) is 0.0345. The topological polar surface area (TPSA) is 68.0 Å². The Balaban J connectivity index is 2.06. The third-order valence-electron chi connectivity index (χ3n) is 2.78. The molecule has 0 aliphatic carbocycles. The van der Waals surface area contributed by atoms with E-state index >= 15 is 0 Å². The second-order valence-electron chi connectivity index (χ2n) is 4.50. The van der Waals surface area contributed by atoms with E-state index in [0.717, 1.165) is 12.3 Å². The monoisotopic (exact) mass is 299 g/mol. The molecule has 1 N–H and O–H groups in total. The highest BCUT2D eigenvalue weighted by atomic mass is 19.4. The van der Waals surface area contributed by atoms with Crippen LogP contribution in [0.1, 0.15) is 40.5 Å². The largest absolute Gasteiger partial charge is 0.433 e. The lowest BCUT2D eigenvalue weighted by Gasteiger charge is -2.13. The van der Waals surface area contributed by atoms with E-state index < -0.39 is 23.8 Å². The van der Waals surface area contributed by atoms with E-state index in [4.69, 9.17) is 4.52 Å². The number of pyridine rings is 1. The van der Waals surface area contributed by atoms with Gasteiger partial charge in [0.25, 0.3) is 5.91 Å². The molecule has 0 saturated carbocycles. The summed E-state index contributed by atoms with van der Waals surface area (Å²) in [4.78, 5) is 15.2. The van der Waals surface area contributed by atoms with E-state index in [1.54, 1.807) is 13.8 Å². The van der Waals surface area contributed by atoms with Gasteiger partial charge in [0.2, 0.25) is 5.76 Å². The summed E-state index contributed by atoms with van der Waals surface area (Å²) in [7, 11) is 0. The van der Waals surface area contributed by atoms with Crippen LogP contribution in [0.3, 0.4) is 0 Å². The molecule has 0 aliphatic rings. The smallest absolute Gasteiger partial charge is 0.351 e. The highest BCUT2D eigenvalue weighted by Crippen LogP contribution is 2.27. The lowest BCUT2D eigenvalue weighted by Crippen LogP contribution is -2.26. The summed E-state index contributed by atoms with van der Waals surface area (Å²) < 4.78 is 42.0. The van der Waals surface area contributed by atoms with Gasteiger partial charge in [0.05, 0.1) is 11.7 Å². The minimum atomic E-state index is -4.48. The van der Waals surface area contributed by atoms with Gasteiger partial charge in [-0.1, -0.05) is 11.2 Å². The van der Waals surface area contributed by atoms with Crippen LogP contribution in [0.2, 0.25) is 0 Å². The number of nitrogens with one attached hydrogen (secondary N) is 1. The molecule has 0 aromatic carbocycles. The Hall–Kier alpha value is -2.38. The number of nitrogens with zero attached hydrogens (tertiary/aromatic N) is 2. The fourth-order valence-corrected chi connectivity index (χ4v) is 1.65. The van der Waals surface area contributed by atoms with E-state index in [1.807, 2.05) is 0 Å². The number of halogens is 3. The maximum Gasteiger partial charge on any atom is 0.433 e. The molecule has 0 spiro atoms. The third-order valence-corrected chi connectivity index (χ3v) is 2.78. The van der Waals surface area contributed by atoms with E-state index in [1.165, 1.54) is 12.1 Å². The summed E-state index contributed by atoms with van der Waals surface area (Å²) in [5, 5.41) is 6.17. The molecule has 0 bridgehead atoms. The third kappa shape index (κ3) is 3.59. The van der Waals surface area contributed by atoms with Gasteiger partial charge in [-0.25, -0.2) is 0 Å². The van der Waals surface area contributed by atoms with Crippen molar-refractivity contribution in [1.82, 2.24) is 15.5 Å². The molecule has 2 heterocycles. The molecule has 1 amide bonds. The van der Waals surface area contributed by atoms with Gasteiger partial charge in [-0.05, 0) is 25.5 Å². The molecule has 1 atom stereocenters. The maximum absolute atomic E-state index is 12.4. The molecule has 5 nitrogen and oxygen atoms in total. The van der Waals surface area contributed by atoms with Gasteiger partial charge in [0, 0.05) is 12.3 Å². The van der Waals surface area contributed by atoms with Crippen LogP contribution < -0.4 is 5.32 Å². The first-order valence-corrected chi connectivity index (χ1v) is 6.04. The van der Waals surface area contributed by atoms with Crippen LogP contribution in [0.5, 0.6) is 0 Å². The molecule has 0 unspecified atom stereocenters. The molecule has 2 aromatic rings. The predicted molar refractivity (Wildman–Crippen MR) is 66.4 cm³/mol. The molecule has 0 fully saturated rings. The number of hydrogen-bond donors (Lipinski definition) is 1. The van der Waals surface area contributed by atoms with Gasteiger partial charge < -0.3 is 9.84 Å². The number of carbonyl (C=O) groups excluding carboxylic acids is 1. The van der Waals surface area contributed by atoms with E-state index in [0.29, 0.717) is 11.3 Å². The van der Waals surface area contributed by atoms with Crippen LogP contribution in [-0.4, -0.2) is 16.0 Å². The first-order valence-electron chi connectivity index (χ1n) is 6.04. The van der Waals surface area contributed by atoms with Gasteiger partial charge in [-0.15, -0.1) is 0 Å². The van der Waals surface area contributed by atoms with Crippen LogP contribution in [0.15, 0.2) is 28.9 Å². The van der Waals surface area contributed by atoms with Gasteiger partial charge in [-0.2, -0.15) is 13.2 Å². The first kappa shape index (κ1) is 15.0. The molecule has 112 valence electrons. The van der Waals surface area contributed by atoms with Crippen molar-refractivity contribution in [1.29, 1.82) is 0 Å². The number of hydrogen-bond acceptors (Lipinski definition) is 4. The average molecular weight is 299 g/mol. The Morgan fingerprint density at radius 2 is 2.10 bits per heavy atom. The van der Waals surface area contributed by atoms with Crippen LogP contribution in [0.4, 0.5) is 13.2 Å². The van der Waals surface area contributed by atoms with Crippen LogP contribution in [0.25, 0.3) is 0 Å². The summed E-state index contributed by atoms with van der Waals surface area (Å²) >= 11 is 0. The number of aryl methyl sites for hydroxylation is 1. The van der Waals surface area contributed by atoms with Gasteiger partial charge in [0.15, 0.2) is 0 Å². The summed E-state index contributed by atoms with van der Waals surface area (Å²) in [5.74, 6) is -0.456. The highest BCUT2D eigenvalue weighted by molar-refractivity contribution is 5.91. The van der Waals surface area contributed by atoms with Crippen molar-refractivity contribution in [3.8, 4) is 0 Å². The molecule has 8 heteroatoms. The van der Waals surface area contributed by atoms with Gasteiger partial charge >= 0.3 is 6.18 Å². The van der Waals surface area contributed by atoms with Gasteiger partial charge in [0.1, 0.15) is 5.69 Å². The zero-order valence-corrected chi connectivity index (χ0v) is 11.2. The van der Waals surface area contributed by atoms with E-state index in [2.05, 4.69) is 15.5 Å². The van der Waals surface area contributed by atoms with E-state index in [9.17, 15) is 18.0 Å². The average Bonchev–Trinajstić information content (AvgIpc) is 2.84. The van der Waals surface area contributed by atoms with Crippen LogP contribution in [-0.2, 0) is 6.18 Å². The van der Waals surface area contributed by atoms with Crippen LogP contribution >= 0.6 is 0 Å². The Labute approximate surface area is 118 Å². The molecule has 0 radical (unpaired) electrons. The first-order chi connectivity index (χ1) is 9.77. The highest BCUT2D eigenvalue weighted by Gasteiger charge is 2.32.